The minimum atomic E-state index is -0.506. The molecule has 0 unspecified atom stereocenters. The van der Waals surface area contributed by atoms with Crippen molar-refractivity contribution in [1.29, 1.82) is 0 Å². The Labute approximate surface area is 175 Å². The topological polar surface area (TPSA) is 35.6 Å². The highest BCUT2D eigenvalue weighted by atomic mass is 19.1. The van der Waals surface area contributed by atoms with E-state index in [0.29, 0.717) is 17.9 Å². The van der Waals surface area contributed by atoms with Crippen molar-refractivity contribution in [2.75, 3.05) is 50.8 Å². The van der Waals surface area contributed by atoms with Crippen molar-refractivity contribution in [2.24, 2.45) is 11.3 Å². The Morgan fingerprint density at radius 2 is 1.72 bits per heavy atom. The zero-order valence-electron chi connectivity index (χ0n) is 18.4. The molecule has 1 N–H and O–H groups in total. The highest BCUT2D eigenvalue weighted by Gasteiger charge is 2.31. The third-order valence-electron chi connectivity index (χ3n) is 6.83. The van der Waals surface area contributed by atoms with E-state index in [9.17, 15) is 9.18 Å². The van der Waals surface area contributed by atoms with E-state index in [4.69, 9.17) is 0 Å². The van der Waals surface area contributed by atoms with Crippen molar-refractivity contribution < 1.29 is 9.18 Å². The Morgan fingerprint density at radius 3 is 2.34 bits per heavy atom. The van der Waals surface area contributed by atoms with Gasteiger partial charge in [0.2, 0.25) is 5.91 Å². The monoisotopic (exact) mass is 403 g/mol. The summed E-state index contributed by atoms with van der Waals surface area (Å²) in [4.78, 5) is 16.5. The molecular formula is C24H38FN3O. The maximum atomic E-state index is 12.2. The largest absolute Gasteiger partial charge is 0.369 e. The molecule has 2 fully saturated rings. The van der Waals surface area contributed by atoms with E-state index in [1.54, 1.807) is 0 Å². The van der Waals surface area contributed by atoms with Crippen LogP contribution in [0.4, 0.5) is 10.1 Å². The molecule has 0 radical (unpaired) electrons. The van der Waals surface area contributed by atoms with Gasteiger partial charge in [0.05, 0.1) is 6.54 Å². The number of rotatable bonds is 6. The van der Waals surface area contributed by atoms with Crippen LogP contribution in [-0.2, 0) is 4.79 Å². The smallest absolute Gasteiger partial charge is 0.234 e. The van der Waals surface area contributed by atoms with Gasteiger partial charge in [-0.05, 0) is 54.6 Å². The maximum Gasteiger partial charge on any atom is 0.234 e. The average Bonchev–Trinajstić information content (AvgIpc) is 2.72. The van der Waals surface area contributed by atoms with Crippen molar-refractivity contribution in [2.45, 2.75) is 52.4 Å². The normalized spacial score (nSPS) is 23.8. The quantitative estimate of drug-likeness (QED) is 0.773. The van der Waals surface area contributed by atoms with E-state index in [1.807, 2.05) is 0 Å². The van der Waals surface area contributed by atoms with Crippen LogP contribution in [-0.4, -0.2) is 56.8 Å². The molecule has 0 atom stereocenters. The van der Waals surface area contributed by atoms with E-state index < -0.39 is 6.67 Å². The number of hydrogen-bond acceptors (Lipinski definition) is 3. The van der Waals surface area contributed by atoms with Gasteiger partial charge < -0.3 is 10.2 Å². The number of carbonyl (C=O) groups excluding carboxylic acids is 1. The number of carbonyl (C=O) groups is 1. The van der Waals surface area contributed by atoms with Crippen LogP contribution >= 0.6 is 0 Å². The van der Waals surface area contributed by atoms with Gasteiger partial charge in [0, 0.05) is 38.4 Å². The molecule has 1 saturated carbocycles. The summed E-state index contributed by atoms with van der Waals surface area (Å²) in [5.74, 6) is 1.42. The van der Waals surface area contributed by atoms with E-state index >= 15 is 0 Å². The minimum Gasteiger partial charge on any atom is -0.369 e. The first kappa shape index (κ1) is 22.1. The first-order valence-corrected chi connectivity index (χ1v) is 11.3. The second kappa shape index (κ2) is 9.92. The van der Waals surface area contributed by atoms with Gasteiger partial charge in [0.25, 0.3) is 0 Å². The predicted molar refractivity (Wildman–Crippen MR) is 118 cm³/mol. The Balaban J connectivity index is 1.57. The molecule has 29 heavy (non-hydrogen) atoms. The molecule has 2 aliphatic rings. The van der Waals surface area contributed by atoms with Crippen molar-refractivity contribution in [3.8, 4) is 0 Å². The lowest BCUT2D eigenvalue weighted by Gasteiger charge is -2.40. The van der Waals surface area contributed by atoms with Gasteiger partial charge >= 0.3 is 0 Å². The molecule has 1 aliphatic heterocycles. The summed E-state index contributed by atoms with van der Waals surface area (Å²) < 4.78 is 12.2. The van der Waals surface area contributed by atoms with Gasteiger partial charge in [-0.3, -0.25) is 9.69 Å². The van der Waals surface area contributed by atoms with Crippen LogP contribution < -0.4 is 10.2 Å². The standard InChI is InChI=1S/C24H38FN3O/c1-24(2,3)20-10-8-19(9-11-20)21-6-4-5-7-22(21)28-16-14-27(15-17-28)18-23(29)26-13-12-25/h4-7,19-20H,8-18H2,1-3H3,(H,26,29). The van der Waals surface area contributed by atoms with Crippen molar-refractivity contribution in [1.82, 2.24) is 10.2 Å². The highest BCUT2D eigenvalue weighted by Crippen LogP contribution is 2.45. The number of amides is 1. The van der Waals surface area contributed by atoms with Crippen molar-refractivity contribution in [3.05, 3.63) is 29.8 Å². The van der Waals surface area contributed by atoms with Gasteiger partial charge in [-0.25, -0.2) is 4.39 Å². The fourth-order valence-corrected chi connectivity index (χ4v) is 4.98. The van der Waals surface area contributed by atoms with E-state index in [2.05, 4.69) is 60.2 Å². The lowest BCUT2D eigenvalue weighted by atomic mass is 9.68. The number of benzene rings is 1. The molecule has 1 heterocycles. The SMILES string of the molecule is CC(C)(C)C1CCC(c2ccccc2N2CCN(CC(=O)NCCF)CC2)CC1. The highest BCUT2D eigenvalue weighted by molar-refractivity contribution is 5.78. The number of anilines is 1. The van der Waals surface area contributed by atoms with Crippen LogP contribution in [0.5, 0.6) is 0 Å². The fourth-order valence-electron chi connectivity index (χ4n) is 4.98. The second-order valence-electron chi connectivity index (χ2n) is 9.78. The molecule has 1 aromatic rings. The van der Waals surface area contributed by atoms with Gasteiger partial charge in [-0.2, -0.15) is 0 Å². The lowest BCUT2D eigenvalue weighted by molar-refractivity contribution is -0.122. The van der Waals surface area contributed by atoms with Crippen molar-refractivity contribution in [3.63, 3.8) is 0 Å². The van der Waals surface area contributed by atoms with Crippen LogP contribution in [0.15, 0.2) is 24.3 Å². The molecule has 3 rings (SSSR count). The van der Waals surface area contributed by atoms with E-state index in [-0.39, 0.29) is 12.5 Å². The number of halogens is 1. The summed E-state index contributed by atoms with van der Waals surface area (Å²) in [7, 11) is 0. The molecule has 1 amide bonds. The van der Waals surface area contributed by atoms with Crippen LogP contribution in [0.2, 0.25) is 0 Å². The second-order valence-corrected chi connectivity index (χ2v) is 9.78. The first-order chi connectivity index (χ1) is 13.9. The zero-order chi connectivity index (χ0) is 20.9. The molecular weight excluding hydrogens is 365 g/mol. The molecule has 0 aromatic heterocycles. The summed E-state index contributed by atoms with van der Waals surface area (Å²) in [6.07, 6.45) is 5.22. The fraction of sp³-hybridized carbons (Fsp3) is 0.708. The van der Waals surface area contributed by atoms with E-state index in [0.717, 1.165) is 32.1 Å². The Hall–Kier alpha value is -1.62. The van der Waals surface area contributed by atoms with Gasteiger partial charge in [0.15, 0.2) is 0 Å². The summed E-state index contributed by atoms with van der Waals surface area (Å²) in [5, 5.41) is 2.62. The van der Waals surface area contributed by atoms with Crippen LogP contribution in [0.3, 0.4) is 0 Å². The number of nitrogens with one attached hydrogen (secondary N) is 1. The summed E-state index contributed by atoms with van der Waals surface area (Å²) >= 11 is 0. The first-order valence-electron chi connectivity index (χ1n) is 11.3. The van der Waals surface area contributed by atoms with E-state index in [1.165, 1.54) is 36.9 Å². The number of hydrogen-bond donors (Lipinski definition) is 1. The number of para-hydroxylation sites is 1. The number of nitrogens with zero attached hydrogens (tertiary/aromatic N) is 2. The molecule has 5 heteroatoms. The average molecular weight is 404 g/mol. The molecule has 1 saturated heterocycles. The predicted octanol–water partition coefficient (Wildman–Crippen LogP) is 4.21. The van der Waals surface area contributed by atoms with Crippen LogP contribution in [0.25, 0.3) is 0 Å². The molecule has 0 spiro atoms. The summed E-state index contributed by atoms with van der Waals surface area (Å²) in [6.45, 7) is 10.7. The lowest BCUT2D eigenvalue weighted by Crippen LogP contribution is -2.50. The Kier molecular flexibility index (Phi) is 7.55. The maximum absolute atomic E-state index is 12.2. The molecule has 0 bridgehead atoms. The zero-order valence-corrected chi connectivity index (χ0v) is 18.4. The third-order valence-corrected chi connectivity index (χ3v) is 6.83. The Morgan fingerprint density at radius 1 is 1.07 bits per heavy atom. The molecule has 1 aliphatic carbocycles. The summed E-state index contributed by atoms with van der Waals surface area (Å²) in [6, 6.07) is 8.93. The number of piperazine rings is 1. The van der Waals surface area contributed by atoms with Gasteiger partial charge in [-0.15, -0.1) is 0 Å². The van der Waals surface area contributed by atoms with Crippen LogP contribution in [0.1, 0.15) is 57.9 Å². The Bertz CT molecular complexity index is 656. The van der Waals surface area contributed by atoms with Gasteiger partial charge in [-0.1, -0.05) is 39.0 Å². The third kappa shape index (κ3) is 5.94. The van der Waals surface area contributed by atoms with Gasteiger partial charge in [0.1, 0.15) is 6.67 Å². The summed E-state index contributed by atoms with van der Waals surface area (Å²) in [5.41, 5.74) is 3.30. The van der Waals surface area contributed by atoms with Crippen molar-refractivity contribution >= 4 is 11.6 Å². The minimum absolute atomic E-state index is 0.0768. The molecule has 1 aromatic carbocycles. The molecule has 4 nitrogen and oxygen atoms in total. The molecule has 162 valence electrons. The van der Waals surface area contributed by atoms with Crippen LogP contribution in [0, 0.1) is 11.3 Å². The number of alkyl halides is 1.